The fourth-order valence-electron chi connectivity index (χ4n) is 2.04. The Balaban J connectivity index is 1.53. The highest BCUT2D eigenvalue weighted by Crippen LogP contribution is 2.14. The average Bonchev–Trinajstić information content (AvgIpc) is 3.13. The van der Waals surface area contributed by atoms with E-state index in [9.17, 15) is 4.79 Å². The van der Waals surface area contributed by atoms with Gasteiger partial charge in [0, 0.05) is 23.5 Å². The lowest BCUT2D eigenvalue weighted by atomic mass is 10.2. The van der Waals surface area contributed by atoms with Crippen molar-refractivity contribution in [3.8, 4) is 5.75 Å². The minimum Gasteiger partial charge on any atom is -0.489 e. The summed E-state index contributed by atoms with van der Waals surface area (Å²) in [5, 5.41) is 2.80. The number of pyridine rings is 1. The minimum atomic E-state index is -0.153. The molecule has 0 saturated heterocycles. The van der Waals surface area contributed by atoms with E-state index in [0.29, 0.717) is 24.5 Å². The van der Waals surface area contributed by atoms with Gasteiger partial charge in [0.15, 0.2) is 0 Å². The van der Waals surface area contributed by atoms with E-state index in [1.807, 2.05) is 18.2 Å². The molecule has 0 aliphatic carbocycles. The van der Waals surface area contributed by atoms with Crippen molar-refractivity contribution in [2.75, 3.05) is 0 Å². The molecule has 0 aliphatic heterocycles. The molecule has 1 aromatic carbocycles. The van der Waals surface area contributed by atoms with Gasteiger partial charge in [0.1, 0.15) is 18.1 Å². The molecule has 1 amide bonds. The number of furan rings is 1. The van der Waals surface area contributed by atoms with Crippen LogP contribution in [0.15, 0.2) is 71.6 Å². The first-order valence-electron chi connectivity index (χ1n) is 7.23. The highest BCUT2D eigenvalue weighted by Gasteiger charge is 2.06. The summed E-state index contributed by atoms with van der Waals surface area (Å²) in [5.41, 5.74) is 1.57. The van der Waals surface area contributed by atoms with Crippen molar-refractivity contribution in [3.05, 3.63) is 84.1 Å². The van der Waals surface area contributed by atoms with E-state index in [1.54, 1.807) is 49.0 Å². The summed E-state index contributed by atoms with van der Waals surface area (Å²) in [7, 11) is 0. The zero-order chi connectivity index (χ0) is 15.9. The van der Waals surface area contributed by atoms with Crippen LogP contribution in [0.4, 0.5) is 0 Å². The Bertz CT molecular complexity index is 738. The second-order valence-corrected chi connectivity index (χ2v) is 4.94. The molecule has 0 bridgehead atoms. The summed E-state index contributed by atoms with van der Waals surface area (Å²) in [6, 6.07) is 14.4. The van der Waals surface area contributed by atoms with Crippen LogP contribution in [0.2, 0.25) is 0 Å². The van der Waals surface area contributed by atoms with Gasteiger partial charge in [0.25, 0.3) is 5.91 Å². The zero-order valence-corrected chi connectivity index (χ0v) is 12.4. The molecule has 5 heteroatoms. The molecule has 2 heterocycles. The van der Waals surface area contributed by atoms with Gasteiger partial charge >= 0.3 is 0 Å². The van der Waals surface area contributed by atoms with E-state index in [-0.39, 0.29) is 5.91 Å². The fourth-order valence-corrected chi connectivity index (χ4v) is 2.04. The minimum absolute atomic E-state index is 0.153. The van der Waals surface area contributed by atoms with Crippen LogP contribution in [-0.4, -0.2) is 10.9 Å². The van der Waals surface area contributed by atoms with E-state index in [4.69, 9.17) is 9.15 Å². The van der Waals surface area contributed by atoms with E-state index >= 15 is 0 Å². The monoisotopic (exact) mass is 308 g/mol. The average molecular weight is 308 g/mol. The van der Waals surface area contributed by atoms with E-state index in [0.717, 1.165) is 11.3 Å². The van der Waals surface area contributed by atoms with Crippen molar-refractivity contribution in [3.63, 3.8) is 0 Å². The second-order valence-electron chi connectivity index (χ2n) is 4.94. The summed E-state index contributed by atoms with van der Waals surface area (Å²) >= 11 is 0. The van der Waals surface area contributed by atoms with Crippen LogP contribution < -0.4 is 10.1 Å². The van der Waals surface area contributed by atoms with Crippen molar-refractivity contribution in [1.29, 1.82) is 0 Å². The van der Waals surface area contributed by atoms with Gasteiger partial charge in [-0.05, 0) is 42.5 Å². The molecule has 0 saturated carbocycles. The van der Waals surface area contributed by atoms with Crippen LogP contribution in [0.3, 0.4) is 0 Å². The third-order valence-electron chi connectivity index (χ3n) is 3.25. The molecular weight excluding hydrogens is 292 g/mol. The SMILES string of the molecule is O=C(NCc1ccco1)c1ccc(OCc2cccnc2)cc1. The van der Waals surface area contributed by atoms with Crippen molar-refractivity contribution >= 4 is 5.91 Å². The maximum Gasteiger partial charge on any atom is 0.251 e. The van der Waals surface area contributed by atoms with Gasteiger partial charge in [-0.3, -0.25) is 9.78 Å². The highest BCUT2D eigenvalue weighted by atomic mass is 16.5. The second kappa shape index (κ2) is 7.26. The topological polar surface area (TPSA) is 64.4 Å². The molecule has 3 aromatic rings. The predicted octanol–water partition coefficient (Wildman–Crippen LogP) is 3.18. The lowest BCUT2D eigenvalue weighted by Crippen LogP contribution is -2.22. The third-order valence-corrected chi connectivity index (χ3v) is 3.25. The lowest BCUT2D eigenvalue weighted by molar-refractivity contribution is 0.0948. The number of carbonyl (C=O) groups excluding carboxylic acids is 1. The van der Waals surface area contributed by atoms with Crippen LogP contribution in [0.1, 0.15) is 21.7 Å². The Morgan fingerprint density at radius 3 is 2.70 bits per heavy atom. The number of hydrogen-bond donors (Lipinski definition) is 1. The Kier molecular flexibility index (Phi) is 4.69. The summed E-state index contributed by atoms with van der Waals surface area (Å²) in [6.07, 6.45) is 5.06. The smallest absolute Gasteiger partial charge is 0.251 e. The number of benzene rings is 1. The standard InChI is InChI=1S/C18H16N2O3/c21-18(20-12-17-4-2-10-22-17)15-5-7-16(8-6-15)23-13-14-3-1-9-19-11-14/h1-11H,12-13H2,(H,20,21). The molecule has 0 aliphatic rings. The zero-order valence-electron chi connectivity index (χ0n) is 12.4. The van der Waals surface area contributed by atoms with Crippen molar-refractivity contribution < 1.29 is 13.9 Å². The van der Waals surface area contributed by atoms with E-state index in [2.05, 4.69) is 10.3 Å². The van der Waals surface area contributed by atoms with Gasteiger partial charge in [-0.2, -0.15) is 0 Å². The van der Waals surface area contributed by atoms with Gasteiger partial charge in [-0.1, -0.05) is 6.07 Å². The summed E-state index contributed by atoms with van der Waals surface area (Å²) in [6.45, 7) is 0.809. The third kappa shape index (κ3) is 4.20. The molecule has 3 rings (SSSR count). The molecule has 5 nitrogen and oxygen atoms in total. The van der Waals surface area contributed by atoms with Crippen LogP contribution in [-0.2, 0) is 13.2 Å². The van der Waals surface area contributed by atoms with Crippen molar-refractivity contribution in [2.24, 2.45) is 0 Å². The van der Waals surface area contributed by atoms with Crippen LogP contribution in [0.5, 0.6) is 5.75 Å². The molecular formula is C18H16N2O3. The van der Waals surface area contributed by atoms with Crippen LogP contribution >= 0.6 is 0 Å². The number of rotatable bonds is 6. The van der Waals surface area contributed by atoms with Crippen LogP contribution in [0, 0.1) is 0 Å². The number of nitrogens with zero attached hydrogens (tertiary/aromatic N) is 1. The summed E-state index contributed by atoms with van der Waals surface area (Å²) in [4.78, 5) is 16.1. The Labute approximate surface area is 133 Å². The lowest BCUT2D eigenvalue weighted by Gasteiger charge is -2.07. The molecule has 0 radical (unpaired) electrons. The van der Waals surface area contributed by atoms with Gasteiger partial charge in [0.05, 0.1) is 12.8 Å². The van der Waals surface area contributed by atoms with Crippen LogP contribution in [0.25, 0.3) is 0 Å². The number of hydrogen-bond acceptors (Lipinski definition) is 4. The van der Waals surface area contributed by atoms with Gasteiger partial charge in [0.2, 0.25) is 0 Å². The van der Waals surface area contributed by atoms with Gasteiger partial charge in [-0.15, -0.1) is 0 Å². The Hall–Kier alpha value is -3.08. The first-order valence-corrected chi connectivity index (χ1v) is 7.23. The van der Waals surface area contributed by atoms with Crippen molar-refractivity contribution in [2.45, 2.75) is 13.2 Å². The molecule has 2 aromatic heterocycles. The maximum atomic E-state index is 12.0. The molecule has 23 heavy (non-hydrogen) atoms. The number of amides is 1. The molecule has 0 unspecified atom stereocenters. The predicted molar refractivity (Wildman–Crippen MR) is 84.9 cm³/mol. The number of carbonyl (C=O) groups is 1. The number of aromatic nitrogens is 1. The number of nitrogens with one attached hydrogen (secondary N) is 1. The van der Waals surface area contributed by atoms with Crippen molar-refractivity contribution in [1.82, 2.24) is 10.3 Å². The Morgan fingerprint density at radius 2 is 2.00 bits per heavy atom. The quantitative estimate of drug-likeness (QED) is 0.759. The van der Waals surface area contributed by atoms with E-state index < -0.39 is 0 Å². The molecule has 0 spiro atoms. The largest absolute Gasteiger partial charge is 0.489 e. The van der Waals surface area contributed by atoms with E-state index in [1.165, 1.54) is 0 Å². The summed E-state index contributed by atoms with van der Waals surface area (Å²) < 4.78 is 10.8. The maximum absolute atomic E-state index is 12.0. The molecule has 116 valence electrons. The first kappa shape index (κ1) is 14.8. The first-order chi connectivity index (χ1) is 11.3. The molecule has 0 atom stereocenters. The fraction of sp³-hybridized carbons (Fsp3) is 0.111. The summed E-state index contributed by atoms with van der Waals surface area (Å²) in [5.74, 6) is 1.27. The molecule has 0 fully saturated rings. The highest BCUT2D eigenvalue weighted by molar-refractivity contribution is 5.94. The van der Waals surface area contributed by atoms with Gasteiger partial charge < -0.3 is 14.5 Å². The molecule has 1 N–H and O–H groups in total. The number of ether oxygens (including phenoxy) is 1. The Morgan fingerprint density at radius 1 is 1.13 bits per heavy atom. The normalized spacial score (nSPS) is 10.3. The van der Waals surface area contributed by atoms with Gasteiger partial charge in [-0.25, -0.2) is 0 Å².